The summed E-state index contributed by atoms with van der Waals surface area (Å²) in [7, 11) is 0. The van der Waals surface area contributed by atoms with E-state index in [-0.39, 0.29) is 17.8 Å². The van der Waals surface area contributed by atoms with Crippen LogP contribution in [0.1, 0.15) is 34.6 Å². The molecule has 0 radical (unpaired) electrons. The van der Waals surface area contributed by atoms with E-state index in [2.05, 4.69) is 15.3 Å². The van der Waals surface area contributed by atoms with Crippen LogP contribution in [0.15, 0.2) is 36.7 Å². The number of benzene rings is 1. The van der Waals surface area contributed by atoms with E-state index in [0.717, 1.165) is 0 Å². The fourth-order valence-electron chi connectivity index (χ4n) is 2.92. The Labute approximate surface area is 168 Å². The Balaban J connectivity index is 1.59. The summed E-state index contributed by atoms with van der Waals surface area (Å²) < 4.78 is 5.01. The Kier molecular flexibility index (Phi) is 6.38. The first kappa shape index (κ1) is 20.2. The number of rotatable bonds is 5. The van der Waals surface area contributed by atoms with Gasteiger partial charge < -0.3 is 19.9 Å². The van der Waals surface area contributed by atoms with Crippen molar-refractivity contribution in [2.45, 2.75) is 13.8 Å². The van der Waals surface area contributed by atoms with Gasteiger partial charge in [-0.2, -0.15) is 0 Å². The van der Waals surface area contributed by atoms with Crippen molar-refractivity contribution in [3.05, 3.63) is 47.8 Å². The van der Waals surface area contributed by atoms with Gasteiger partial charge in [0, 0.05) is 49.8 Å². The van der Waals surface area contributed by atoms with Crippen molar-refractivity contribution < 1.29 is 19.1 Å². The van der Waals surface area contributed by atoms with Crippen LogP contribution in [0.5, 0.6) is 0 Å². The first-order valence-corrected chi connectivity index (χ1v) is 9.39. The molecule has 152 valence electrons. The number of hydrogen-bond donors (Lipinski definition) is 1. The molecule has 1 aliphatic rings. The van der Waals surface area contributed by atoms with E-state index in [4.69, 9.17) is 4.74 Å². The highest BCUT2D eigenvalue weighted by molar-refractivity contribution is 6.04. The van der Waals surface area contributed by atoms with E-state index in [1.807, 2.05) is 4.90 Å². The third-order valence-corrected chi connectivity index (χ3v) is 4.52. The number of ketones is 1. The molecule has 2 amide bonds. The summed E-state index contributed by atoms with van der Waals surface area (Å²) >= 11 is 0. The maximum absolute atomic E-state index is 12.4. The smallest absolute Gasteiger partial charge is 0.409 e. The van der Waals surface area contributed by atoms with Gasteiger partial charge in [-0.15, -0.1) is 0 Å². The first-order chi connectivity index (χ1) is 14.0. The van der Waals surface area contributed by atoms with Crippen molar-refractivity contribution >= 4 is 29.4 Å². The molecule has 1 fully saturated rings. The largest absolute Gasteiger partial charge is 0.450 e. The molecule has 0 aliphatic carbocycles. The minimum atomic E-state index is -0.357. The van der Waals surface area contributed by atoms with Crippen LogP contribution in [-0.4, -0.2) is 65.4 Å². The van der Waals surface area contributed by atoms with Crippen LogP contribution in [0.2, 0.25) is 0 Å². The molecule has 0 spiro atoms. The second-order valence-electron chi connectivity index (χ2n) is 6.54. The van der Waals surface area contributed by atoms with Gasteiger partial charge in [-0.3, -0.25) is 9.59 Å². The number of aromatic nitrogens is 2. The summed E-state index contributed by atoms with van der Waals surface area (Å²) in [5, 5.41) is 2.74. The maximum atomic E-state index is 12.4. The molecule has 0 bridgehead atoms. The van der Waals surface area contributed by atoms with E-state index >= 15 is 0 Å². The minimum absolute atomic E-state index is 0.0724. The van der Waals surface area contributed by atoms with Gasteiger partial charge in [-0.25, -0.2) is 14.8 Å². The number of hydrogen-bond acceptors (Lipinski definition) is 7. The van der Waals surface area contributed by atoms with Crippen molar-refractivity contribution in [2.75, 3.05) is 43.0 Å². The molecular weight excluding hydrogens is 374 g/mol. The lowest BCUT2D eigenvalue weighted by molar-refractivity contribution is 0.101. The zero-order valence-electron chi connectivity index (χ0n) is 16.4. The lowest BCUT2D eigenvalue weighted by Gasteiger charge is -2.33. The topological polar surface area (TPSA) is 105 Å². The van der Waals surface area contributed by atoms with Gasteiger partial charge in [-0.05, 0) is 26.0 Å². The normalized spacial score (nSPS) is 13.7. The van der Waals surface area contributed by atoms with Gasteiger partial charge in [0.2, 0.25) is 5.95 Å². The monoisotopic (exact) mass is 397 g/mol. The van der Waals surface area contributed by atoms with Crippen molar-refractivity contribution in [3.8, 4) is 0 Å². The average Bonchev–Trinajstić information content (AvgIpc) is 2.74. The molecule has 2 aromatic rings. The predicted molar refractivity (Wildman–Crippen MR) is 107 cm³/mol. The summed E-state index contributed by atoms with van der Waals surface area (Å²) in [6.07, 6.45) is 2.61. The van der Waals surface area contributed by atoms with E-state index in [1.54, 1.807) is 36.1 Å². The van der Waals surface area contributed by atoms with Gasteiger partial charge >= 0.3 is 6.09 Å². The third-order valence-electron chi connectivity index (χ3n) is 4.52. The molecular formula is C20H23N5O4. The first-order valence-electron chi connectivity index (χ1n) is 9.39. The summed E-state index contributed by atoms with van der Waals surface area (Å²) in [5.74, 6) is 0.0739. The highest BCUT2D eigenvalue weighted by Gasteiger charge is 2.23. The number of piperazine rings is 1. The number of Topliss-reactive ketones (excluding diaryl/α,β-unsaturated/α-hetero) is 1. The number of nitrogens with zero attached hydrogens (tertiary/aromatic N) is 4. The second kappa shape index (κ2) is 9.13. The minimum Gasteiger partial charge on any atom is -0.450 e. The van der Waals surface area contributed by atoms with Crippen LogP contribution in [0.4, 0.5) is 16.4 Å². The molecule has 0 atom stereocenters. The lowest BCUT2D eigenvalue weighted by Crippen LogP contribution is -2.49. The Morgan fingerprint density at radius 1 is 1.07 bits per heavy atom. The van der Waals surface area contributed by atoms with Gasteiger partial charge in [0.1, 0.15) is 0 Å². The Morgan fingerprint density at radius 3 is 2.38 bits per heavy atom. The number of carbonyl (C=O) groups excluding carboxylic acids is 3. The molecule has 0 unspecified atom stereocenters. The fraction of sp³-hybridized carbons (Fsp3) is 0.350. The van der Waals surface area contributed by atoms with E-state index < -0.39 is 0 Å². The summed E-state index contributed by atoms with van der Waals surface area (Å²) in [5.41, 5.74) is 1.37. The van der Waals surface area contributed by atoms with Crippen molar-refractivity contribution in [1.29, 1.82) is 0 Å². The number of anilines is 2. The predicted octanol–water partition coefficient (Wildman–Crippen LogP) is 2.21. The van der Waals surface area contributed by atoms with Gasteiger partial charge in [0.25, 0.3) is 5.91 Å². The van der Waals surface area contributed by atoms with Crippen molar-refractivity contribution in [2.24, 2.45) is 0 Å². The Hall–Kier alpha value is -3.49. The molecule has 9 heteroatoms. The zero-order chi connectivity index (χ0) is 20.8. The van der Waals surface area contributed by atoms with Crippen LogP contribution in [0.25, 0.3) is 0 Å². The van der Waals surface area contributed by atoms with E-state index in [9.17, 15) is 14.4 Å². The molecule has 1 N–H and O–H groups in total. The summed E-state index contributed by atoms with van der Waals surface area (Å²) in [6, 6.07) is 6.74. The van der Waals surface area contributed by atoms with E-state index in [0.29, 0.717) is 55.5 Å². The van der Waals surface area contributed by atoms with Gasteiger partial charge in [0.05, 0.1) is 12.2 Å². The average molecular weight is 397 g/mol. The second-order valence-corrected chi connectivity index (χ2v) is 6.54. The molecule has 29 heavy (non-hydrogen) atoms. The quantitative estimate of drug-likeness (QED) is 0.771. The number of ether oxygens (including phenoxy) is 1. The van der Waals surface area contributed by atoms with Crippen LogP contribution in [-0.2, 0) is 4.74 Å². The SMILES string of the molecule is CCOC(=O)N1CCN(c2ncc(C(=O)Nc3cccc(C(C)=O)c3)cn2)CC1. The van der Waals surface area contributed by atoms with Crippen LogP contribution >= 0.6 is 0 Å². The van der Waals surface area contributed by atoms with Crippen LogP contribution in [0, 0.1) is 0 Å². The highest BCUT2D eigenvalue weighted by atomic mass is 16.6. The molecule has 2 heterocycles. The Bertz CT molecular complexity index is 892. The molecule has 3 rings (SSSR count). The highest BCUT2D eigenvalue weighted by Crippen LogP contribution is 2.14. The van der Waals surface area contributed by atoms with Crippen LogP contribution in [0.3, 0.4) is 0 Å². The lowest BCUT2D eigenvalue weighted by atomic mass is 10.1. The van der Waals surface area contributed by atoms with Crippen molar-refractivity contribution in [3.63, 3.8) is 0 Å². The third kappa shape index (κ3) is 5.07. The van der Waals surface area contributed by atoms with Gasteiger partial charge in [-0.1, -0.05) is 12.1 Å². The number of amides is 2. The maximum Gasteiger partial charge on any atom is 0.409 e. The summed E-state index contributed by atoms with van der Waals surface area (Å²) in [4.78, 5) is 47.8. The zero-order valence-corrected chi connectivity index (χ0v) is 16.4. The molecule has 1 aromatic carbocycles. The molecule has 1 aromatic heterocycles. The fourth-order valence-corrected chi connectivity index (χ4v) is 2.92. The standard InChI is InChI=1S/C20H23N5O4/c1-3-29-20(28)25-9-7-24(8-10-25)19-21-12-16(13-22-19)18(27)23-17-6-4-5-15(11-17)14(2)26/h4-6,11-13H,3,7-10H2,1-2H3,(H,23,27). The molecule has 0 saturated carbocycles. The van der Waals surface area contributed by atoms with E-state index in [1.165, 1.54) is 19.3 Å². The molecule has 1 aliphatic heterocycles. The van der Waals surface area contributed by atoms with Crippen molar-refractivity contribution in [1.82, 2.24) is 14.9 Å². The number of carbonyl (C=O) groups is 3. The summed E-state index contributed by atoms with van der Waals surface area (Å²) in [6.45, 7) is 5.82. The molecule has 9 nitrogen and oxygen atoms in total. The molecule has 1 saturated heterocycles. The van der Waals surface area contributed by atoms with Gasteiger partial charge in [0.15, 0.2) is 5.78 Å². The van der Waals surface area contributed by atoms with Crippen LogP contribution < -0.4 is 10.2 Å². The number of nitrogens with one attached hydrogen (secondary N) is 1. The Morgan fingerprint density at radius 2 is 1.76 bits per heavy atom.